The van der Waals surface area contributed by atoms with Crippen LogP contribution in [0.25, 0.3) is 0 Å². The Bertz CT molecular complexity index is 130. The molecule has 1 aliphatic heterocycles. The summed E-state index contributed by atoms with van der Waals surface area (Å²) in [5.41, 5.74) is 0. The molecular formula is C11H23NO. The van der Waals surface area contributed by atoms with Gasteiger partial charge in [0, 0.05) is 6.04 Å². The van der Waals surface area contributed by atoms with E-state index in [1.54, 1.807) is 0 Å². The molecule has 13 heavy (non-hydrogen) atoms. The van der Waals surface area contributed by atoms with E-state index < -0.39 is 0 Å². The Morgan fingerprint density at radius 2 is 2.08 bits per heavy atom. The molecule has 0 aromatic rings. The number of nitrogens with one attached hydrogen (secondary N) is 1. The fraction of sp³-hybridized carbons (Fsp3) is 1.00. The van der Waals surface area contributed by atoms with Gasteiger partial charge in [-0.15, -0.1) is 0 Å². The summed E-state index contributed by atoms with van der Waals surface area (Å²) in [7, 11) is 0. The highest BCUT2D eigenvalue weighted by atomic mass is 16.5. The van der Waals surface area contributed by atoms with Crippen molar-refractivity contribution in [2.75, 3.05) is 13.2 Å². The number of ether oxygens (including phenoxy) is 1. The molecule has 0 radical (unpaired) electrons. The molecule has 78 valence electrons. The summed E-state index contributed by atoms with van der Waals surface area (Å²) in [5, 5.41) is 3.49. The van der Waals surface area contributed by atoms with E-state index in [1.807, 2.05) is 0 Å². The zero-order valence-corrected chi connectivity index (χ0v) is 9.18. The van der Waals surface area contributed by atoms with Gasteiger partial charge >= 0.3 is 0 Å². The van der Waals surface area contributed by atoms with Crippen molar-refractivity contribution in [2.45, 2.75) is 52.2 Å². The standard InChI is InChI=1S/C11H23NO/c1-9(2)10(3)13-8-11-6-4-5-7-12-11/h9-12H,4-8H2,1-3H3/t10-,11?/m1/s1. The molecule has 1 heterocycles. The van der Waals surface area contributed by atoms with Crippen molar-refractivity contribution in [3.63, 3.8) is 0 Å². The van der Waals surface area contributed by atoms with Crippen LogP contribution in [0, 0.1) is 5.92 Å². The van der Waals surface area contributed by atoms with Gasteiger partial charge in [-0.1, -0.05) is 20.3 Å². The van der Waals surface area contributed by atoms with E-state index in [0.29, 0.717) is 18.1 Å². The van der Waals surface area contributed by atoms with Gasteiger partial charge in [0.05, 0.1) is 12.7 Å². The predicted octanol–water partition coefficient (Wildman–Crippen LogP) is 2.19. The van der Waals surface area contributed by atoms with Crippen LogP contribution in [0.5, 0.6) is 0 Å². The Morgan fingerprint density at radius 1 is 1.31 bits per heavy atom. The van der Waals surface area contributed by atoms with E-state index >= 15 is 0 Å². The normalized spacial score (nSPS) is 26.3. The Morgan fingerprint density at radius 3 is 2.62 bits per heavy atom. The fourth-order valence-corrected chi connectivity index (χ4v) is 1.53. The van der Waals surface area contributed by atoms with Crippen LogP contribution in [-0.2, 0) is 4.74 Å². The highest BCUT2D eigenvalue weighted by Gasteiger charge is 2.14. The Hall–Kier alpha value is -0.0800. The molecule has 0 aromatic heterocycles. The second kappa shape index (κ2) is 5.61. The first-order chi connectivity index (χ1) is 6.20. The molecule has 0 bridgehead atoms. The van der Waals surface area contributed by atoms with Crippen LogP contribution in [0.2, 0.25) is 0 Å². The van der Waals surface area contributed by atoms with Gasteiger partial charge in [-0.3, -0.25) is 0 Å². The predicted molar refractivity (Wildman–Crippen MR) is 55.9 cm³/mol. The molecule has 1 aliphatic rings. The van der Waals surface area contributed by atoms with Crippen molar-refractivity contribution in [1.82, 2.24) is 5.32 Å². The van der Waals surface area contributed by atoms with E-state index in [9.17, 15) is 0 Å². The largest absolute Gasteiger partial charge is 0.377 e. The molecule has 2 nitrogen and oxygen atoms in total. The second-order valence-electron chi connectivity index (χ2n) is 4.43. The van der Waals surface area contributed by atoms with Crippen molar-refractivity contribution >= 4 is 0 Å². The van der Waals surface area contributed by atoms with Gasteiger partial charge in [-0.25, -0.2) is 0 Å². The molecule has 1 fully saturated rings. The molecule has 0 spiro atoms. The maximum atomic E-state index is 5.78. The summed E-state index contributed by atoms with van der Waals surface area (Å²) >= 11 is 0. The third-order valence-corrected chi connectivity index (χ3v) is 2.91. The summed E-state index contributed by atoms with van der Waals surface area (Å²) in [6.07, 6.45) is 4.36. The highest BCUT2D eigenvalue weighted by Crippen LogP contribution is 2.10. The Labute approximate surface area is 82.0 Å². The quantitative estimate of drug-likeness (QED) is 0.725. The van der Waals surface area contributed by atoms with Crippen LogP contribution in [0.3, 0.4) is 0 Å². The van der Waals surface area contributed by atoms with E-state index in [4.69, 9.17) is 4.74 Å². The zero-order chi connectivity index (χ0) is 9.68. The smallest absolute Gasteiger partial charge is 0.0623 e. The third kappa shape index (κ3) is 4.10. The molecule has 1 N–H and O–H groups in total. The summed E-state index contributed by atoms with van der Waals surface area (Å²) < 4.78 is 5.78. The summed E-state index contributed by atoms with van der Waals surface area (Å²) in [5.74, 6) is 0.628. The van der Waals surface area contributed by atoms with Crippen LogP contribution < -0.4 is 5.32 Å². The minimum atomic E-state index is 0.392. The molecule has 0 aromatic carbocycles. The Balaban J connectivity index is 2.10. The average Bonchev–Trinajstić information content (AvgIpc) is 2.15. The average molecular weight is 185 g/mol. The minimum absolute atomic E-state index is 0.392. The van der Waals surface area contributed by atoms with Gasteiger partial charge in [-0.2, -0.15) is 0 Å². The van der Waals surface area contributed by atoms with Crippen molar-refractivity contribution in [3.05, 3.63) is 0 Å². The van der Waals surface area contributed by atoms with E-state index in [0.717, 1.165) is 6.61 Å². The Kier molecular flexibility index (Phi) is 4.74. The maximum absolute atomic E-state index is 5.78. The molecule has 0 saturated carbocycles. The van der Waals surface area contributed by atoms with Gasteiger partial charge < -0.3 is 10.1 Å². The van der Waals surface area contributed by atoms with Gasteiger partial charge in [-0.05, 0) is 32.2 Å². The van der Waals surface area contributed by atoms with Crippen molar-refractivity contribution < 1.29 is 4.74 Å². The highest BCUT2D eigenvalue weighted by molar-refractivity contribution is 4.72. The van der Waals surface area contributed by atoms with Gasteiger partial charge in [0.2, 0.25) is 0 Å². The number of piperidine rings is 1. The van der Waals surface area contributed by atoms with Crippen molar-refractivity contribution in [3.8, 4) is 0 Å². The first-order valence-electron chi connectivity index (χ1n) is 5.55. The minimum Gasteiger partial charge on any atom is -0.377 e. The molecule has 1 rings (SSSR count). The number of hydrogen-bond acceptors (Lipinski definition) is 2. The van der Waals surface area contributed by atoms with Gasteiger partial charge in [0.15, 0.2) is 0 Å². The monoisotopic (exact) mass is 185 g/mol. The topological polar surface area (TPSA) is 21.3 Å². The van der Waals surface area contributed by atoms with E-state index in [2.05, 4.69) is 26.1 Å². The third-order valence-electron chi connectivity index (χ3n) is 2.91. The van der Waals surface area contributed by atoms with E-state index in [-0.39, 0.29) is 0 Å². The molecular weight excluding hydrogens is 162 g/mol. The molecule has 1 unspecified atom stereocenters. The van der Waals surface area contributed by atoms with Gasteiger partial charge in [0.25, 0.3) is 0 Å². The second-order valence-corrected chi connectivity index (χ2v) is 4.43. The number of rotatable bonds is 4. The lowest BCUT2D eigenvalue weighted by Crippen LogP contribution is -2.38. The molecule has 2 atom stereocenters. The molecule has 0 amide bonds. The van der Waals surface area contributed by atoms with Crippen LogP contribution in [-0.4, -0.2) is 25.3 Å². The van der Waals surface area contributed by atoms with Crippen molar-refractivity contribution in [1.29, 1.82) is 0 Å². The van der Waals surface area contributed by atoms with Crippen molar-refractivity contribution in [2.24, 2.45) is 5.92 Å². The SMILES string of the molecule is CC(C)[C@@H](C)OCC1CCCCN1. The lowest BCUT2D eigenvalue weighted by atomic mass is 10.1. The first kappa shape index (κ1) is 11.0. The van der Waals surface area contributed by atoms with E-state index in [1.165, 1.54) is 25.8 Å². The summed E-state index contributed by atoms with van der Waals surface area (Å²) in [6, 6.07) is 0.606. The maximum Gasteiger partial charge on any atom is 0.0623 e. The zero-order valence-electron chi connectivity index (χ0n) is 9.18. The molecule has 1 saturated heterocycles. The van der Waals surface area contributed by atoms with Crippen LogP contribution in [0.15, 0.2) is 0 Å². The summed E-state index contributed by atoms with van der Waals surface area (Å²) in [4.78, 5) is 0. The van der Waals surface area contributed by atoms with Gasteiger partial charge in [0.1, 0.15) is 0 Å². The lowest BCUT2D eigenvalue weighted by molar-refractivity contribution is 0.0183. The summed E-state index contributed by atoms with van der Waals surface area (Å²) in [6.45, 7) is 8.63. The molecule has 2 heteroatoms. The number of hydrogen-bond donors (Lipinski definition) is 1. The van der Waals surface area contributed by atoms with Crippen LogP contribution >= 0.6 is 0 Å². The van der Waals surface area contributed by atoms with Crippen LogP contribution in [0.1, 0.15) is 40.0 Å². The lowest BCUT2D eigenvalue weighted by Gasteiger charge is -2.26. The first-order valence-corrected chi connectivity index (χ1v) is 5.55. The molecule has 0 aliphatic carbocycles. The fourth-order valence-electron chi connectivity index (χ4n) is 1.53. The van der Waals surface area contributed by atoms with Crippen LogP contribution in [0.4, 0.5) is 0 Å².